The number of aliphatic carboxylic acids is 1. The first-order valence-corrected chi connectivity index (χ1v) is 7.00. The van der Waals surface area contributed by atoms with Crippen LogP contribution in [0.5, 0.6) is 0 Å². The number of carbonyl (C=O) groups excluding carboxylic acids is 1. The Labute approximate surface area is 110 Å². The topological polar surface area (TPSA) is 46.4 Å². The number of carboxylic acids is 1. The zero-order chi connectivity index (χ0) is 12.5. The molecule has 0 aromatic heterocycles. The SMILES string of the molecule is O=C([O-])CN1C2=[N+](CCS2)C[C@@H]1c1ccccc1. The molecule has 0 saturated heterocycles. The zero-order valence-electron chi connectivity index (χ0n) is 9.91. The largest absolute Gasteiger partial charge is 0.546 e. The van der Waals surface area contributed by atoms with Gasteiger partial charge in [0.15, 0.2) is 6.04 Å². The maximum atomic E-state index is 10.9. The van der Waals surface area contributed by atoms with Crippen molar-refractivity contribution in [1.82, 2.24) is 4.90 Å². The minimum Gasteiger partial charge on any atom is -0.546 e. The summed E-state index contributed by atoms with van der Waals surface area (Å²) in [6, 6.07) is 10.2. The molecule has 3 rings (SSSR count). The Morgan fingerprint density at radius 1 is 1.44 bits per heavy atom. The van der Waals surface area contributed by atoms with Gasteiger partial charge < -0.3 is 9.90 Å². The van der Waals surface area contributed by atoms with E-state index in [1.165, 1.54) is 5.56 Å². The lowest BCUT2D eigenvalue weighted by molar-refractivity contribution is -0.511. The molecule has 94 valence electrons. The van der Waals surface area contributed by atoms with Crippen LogP contribution in [0.3, 0.4) is 0 Å². The van der Waals surface area contributed by atoms with Crippen molar-refractivity contribution < 1.29 is 14.5 Å². The number of nitrogens with zero attached hydrogens (tertiary/aromatic N) is 2. The Kier molecular flexibility index (Phi) is 2.99. The Bertz CT molecular complexity index is 501. The third-order valence-electron chi connectivity index (χ3n) is 3.36. The number of amidine groups is 1. The van der Waals surface area contributed by atoms with Gasteiger partial charge in [-0.25, -0.2) is 4.90 Å². The molecule has 1 aromatic carbocycles. The molecule has 5 heteroatoms. The van der Waals surface area contributed by atoms with Crippen molar-refractivity contribution in [1.29, 1.82) is 0 Å². The third kappa shape index (κ3) is 1.99. The average molecular weight is 262 g/mol. The first-order chi connectivity index (χ1) is 8.75. The molecule has 2 heterocycles. The van der Waals surface area contributed by atoms with E-state index in [0.717, 1.165) is 24.0 Å². The van der Waals surface area contributed by atoms with Crippen LogP contribution in [0.2, 0.25) is 0 Å². The molecular weight excluding hydrogens is 248 g/mol. The average Bonchev–Trinajstić information content (AvgIpc) is 2.93. The van der Waals surface area contributed by atoms with Crippen molar-refractivity contribution in [2.75, 3.05) is 25.4 Å². The molecule has 1 aromatic rings. The van der Waals surface area contributed by atoms with Gasteiger partial charge in [0, 0.05) is 11.3 Å². The van der Waals surface area contributed by atoms with Crippen molar-refractivity contribution >= 4 is 22.9 Å². The maximum absolute atomic E-state index is 10.9. The van der Waals surface area contributed by atoms with Crippen LogP contribution in [-0.2, 0) is 4.79 Å². The van der Waals surface area contributed by atoms with Gasteiger partial charge in [-0.05, 0) is 11.8 Å². The summed E-state index contributed by atoms with van der Waals surface area (Å²) in [6.07, 6.45) is 0. The van der Waals surface area contributed by atoms with E-state index in [1.807, 2.05) is 23.1 Å². The maximum Gasteiger partial charge on any atom is 0.309 e. The van der Waals surface area contributed by atoms with E-state index < -0.39 is 5.97 Å². The first kappa shape index (κ1) is 11.6. The number of thioether (sulfide) groups is 1. The van der Waals surface area contributed by atoms with Crippen LogP contribution >= 0.6 is 11.8 Å². The van der Waals surface area contributed by atoms with E-state index in [-0.39, 0.29) is 12.6 Å². The van der Waals surface area contributed by atoms with E-state index in [9.17, 15) is 9.90 Å². The van der Waals surface area contributed by atoms with Crippen molar-refractivity contribution in [3.63, 3.8) is 0 Å². The predicted molar refractivity (Wildman–Crippen MR) is 68.4 cm³/mol. The highest BCUT2D eigenvalue weighted by molar-refractivity contribution is 8.13. The molecule has 18 heavy (non-hydrogen) atoms. The monoisotopic (exact) mass is 262 g/mol. The van der Waals surface area contributed by atoms with Crippen LogP contribution in [0.25, 0.3) is 0 Å². The van der Waals surface area contributed by atoms with Gasteiger partial charge in [-0.15, -0.1) is 0 Å². The van der Waals surface area contributed by atoms with Crippen molar-refractivity contribution in [3.05, 3.63) is 35.9 Å². The molecule has 0 bridgehead atoms. The highest BCUT2D eigenvalue weighted by atomic mass is 32.2. The molecule has 2 aliphatic rings. The molecule has 0 N–H and O–H groups in total. The fourth-order valence-corrected chi connectivity index (χ4v) is 3.79. The molecule has 2 aliphatic heterocycles. The molecular formula is C13H14N2O2S. The van der Waals surface area contributed by atoms with Gasteiger partial charge in [-0.1, -0.05) is 30.3 Å². The van der Waals surface area contributed by atoms with Gasteiger partial charge in [0.25, 0.3) is 0 Å². The number of carbonyl (C=O) groups is 1. The molecule has 0 spiro atoms. The summed E-state index contributed by atoms with van der Waals surface area (Å²) in [5.41, 5.74) is 1.17. The molecule has 4 nitrogen and oxygen atoms in total. The number of hydrogen-bond acceptors (Lipinski definition) is 4. The predicted octanol–water partition coefficient (Wildman–Crippen LogP) is -0.0915. The smallest absolute Gasteiger partial charge is 0.309 e. The fraction of sp³-hybridized carbons (Fsp3) is 0.385. The number of rotatable bonds is 3. The van der Waals surface area contributed by atoms with Crippen LogP contribution in [0.4, 0.5) is 0 Å². The second kappa shape index (κ2) is 4.65. The summed E-state index contributed by atoms with van der Waals surface area (Å²) in [5, 5.41) is 12.0. The molecule has 0 aliphatic carbocycles. The van der Waals surface area contributed by atoms with Crippen molar-refractivity contribution in [2.24, 2.45) is 0 Å². The highest BCUT2D eigenvalue weighted by Gasteiger charge is 2.43. The van der Waals surface area contributed by atoms with Crippen LogP contribution in [0, 0.1) is 0 Å². The van der Waals surface area contributed by atoms with Gasteiger partial charge in [-0.2, -0.15) is 0 Å². The summed E-state index contributed by atoms with van der Waals surface area (Å²) in [4.78, 5) is 12.9. The number of hydrogen-bond donors (Lipinski definition) is 0. The highest BCUT2D eigenvalue weighted by Crippen LogP contribution is 2.32. The normalized spacial score (nSPS) is 22.4. The van der Waals surface area contributed by atoms with Gasteiger partial charge >= 0.3 is 5.17 Å². The van der Waals surface area contributed by atoms with Crippen LogP contribution in [0.1, 0.15) is 11.6 Å². The minimum absolute atomic E-state index is 0.0294. The molecule has 1 atom stereocenters. The summed E-state index contributed by atoms with van der Waals surface area (Å²) in [7, 11) is 0. The summed E-state index contributed by atoms with van der Waals surface area (Å²) in [5.74, 6) is 0.0261. The second-order valence-electron chi connectivity index (χ2n) is 4.50. The molecule has 0 amide bonds. The number of benzene rings is 1. The Balaban J connectivity index is 1.89. The van der Waals surface area contributed by atoms with Crippen molar-refractivity contribution in [3.8, 4) is 0 Å². The van der Waals surface area contributed by atoms with E-state index in [2.05, 4.69) is 16.7 Å². The summed E-state index contributed by atoms with van der Waals surface area (Å²) < 4.78 is 2.27. The van der Waals surface area contributed by atoms with Crippen LogP contribution in [0.15, 0.2) is 30.3 Å². The first-order valence-electron chi connectivity index (χ1n) is 6.02. The van der Waals surface area contributed by atoms with Crippen LogP contribution in [-0.4, -0.2) is 46.0 Å². The summed E-state index contributed by atoms with van der Waals surface area (Å²) in [6.45, 7) is 1.85. The lowest BCUT2D eigenvalue weighted by atomic mass is 10.1. The number of carboxylic acid groups (broad SMARTS) is 1. The van der Waals surface area contributed by atoms with Crippen LogP contribution < -0.4 is 5.11 Å². The third-order valence-corrected chi connectivity index (χ3v) is 4.50. The molecule has 0 saturated carbocycles. The lowest BCUT2D eigenvalue weighted by Gasteiger charge is -2.20. The minimum atomic E-state index is -1.02. The standard InChI is InChI=1S/C13H14N2O2S/c16-12(17)9-15-11(10-4-2-1-3-5-10)8-14-6-7-18-13(14)15/h1-5,11H,6-9H2/t11-/m1/s1. The van der Waals surface area contributed by atoms with Gasteiger partial charge in [0.1, 0.15) is 13.1 Å². The van der Waals surface area contributed by atoms with E-state index in [1.54, 1.807) is 11.8 Å². The Hall–Kier alpha value is -1.49. The fourth-order valence-electron chi connectivity index (χ4n) is 2.59. The molecule has 0 unspecified atom stereocenters. The Morgan fingerprint density at radius 2 is 2.22 bits per heavy atom. The molecule has 0 radical (unpaired) electrons. The van der Waals surface area contributed by atoms with Gasteiger partial charge in [0.2, 0.25) is 0 Å². The molecule has 0 fully saturated rings. The van der Waals surface area contributed by atoms with Gasteiger partial charge in [-0.3, -0.25) is 4.58 Å². The van der Waals surface area contributed by atoms with E-state index in [0.29, 0.717) is 0 Å². The van der Waals surface area contributed by atoms with Crippen molar-refractivity contribution in [2.45, 2.75) is 6.04 Å². The van der Waals surface area contributed by atoms with Gasteiger partial charge in [0.05, 0.1) is 12.5 Å². The second-order valence-corrected chi connectivity index (χ2v) is 5.57. The Morgan fingerprint density at radius 3 is 2.94 bits per heavy atom. The summed E-state index contributed by atoms with van der Waals surface area (Å²) >= 11 is 1.74. The zero-order valence-corrected chi connectivity index (χ0v) is 10.7. The lowest BCUT2D eigenvalue weighted by Crippen LogP contribution is -2.40. The van der Waals surface area contributed by atoms with E-state index >= 15 is 0 Å². The quantitative estimate of drug-likeness (QED) is 0.714. The van der Waals surface area contributed by atoms with E-state index in [4.69, 9.17) is 0 Å².